The van der Waals surface area contributed by atoms with Crippen molar-refractivity contribution in [2.45, 2.75) is 87.0 Å². The molecule has 1 aromatic carbocycles. The Kier molecular flexibility index (Phi) is 14.4. The van der Waals surface area contributed by atoms with Crippen LogP contribution in [0.15, 0.2) is 18.2 Å². The van der Waals surface area contributed by atoms with E-state index in [2.05, 4.69) is 0 Å². The molecule has 0 heterocycles. The molecule has 208 valence electrons. The number of aliphatic hydroxyl groups is 1. The van der Waals surface area contributed by atoms with Crippen LogP contribution in [-0.2, 0) is 35.2 Å². The minimum Gasteiger partial charge on any atom is -0.461 e. The molecule has 2 unspecified atom stereocenters. The summed E-state index contributed by atoms with van der Waals surface area (Å²) in [6.07, 6.45) is 0.455. The lowest BCUT2D eigenvalue weighted by Gasteiger charge is -2.33. The van der Waals surface area contributed by atoms with E-state index in [0.717, 1.165) is 6.26 Å². The maximum atomic E-state index is 12.3. The van der Waals surface area contributed by atoms with Crippen LogP contribution in [0, 0.1) is 17.3 Å². The molecule has 0 radical (unpaired) electrons. The number of rotatable bonds is 11. The van der Waals surface area contributed by atoms with Crippen molar-refractivity contribution >= 4 is 22.1 Å². The first-order chi connectivity index (χ1) is 16.4. The monoisotopic (exact) mass is 531 g/mol. The van der Waals surface area contributed by atoms with Crippen molar-refractivity contribution in [3.63, 3.8) is 0 Å². The smallest absolute Gasteiger partial charge is 0.311 e. The van der Waals surface area contributed by atoms with Gasteiger partial charge in [0.25, 0.3) is 10.1 Å². The SMILES string of the molecule is CC(C)CC(=O)OCc1cc(C(OS(C)(=O)=O)C(N)C(C)(C)C)ccc1OC(=O)CC(C)C.CCO. The molecule has 10 heteroatoms. The molecule has 1 rings (SSSR count). The van der Waals surface area contributed by atoms with E-state index >= 15 is 0 Å². The van der Waals surface area contributed by atoms with Crippen LogP contribution in [0.3, 0.4) is 0 Å². The first-order valence-electron chi connectivity index (χ1n) is 12.1. The molecule has 0 aliphatic carbocycles. The molecular formula is C26H45NO8S. The number of carbonyl (C=O) groups is 2. The van der Waals surface area contributed by atoms with Gasteiger partial charge in [-0.15, -0.1) is 0 Å². The first-order valence-corrected chi connectivity index (χ1v) is 14.0. The van der Waals surface area contributed by atoms with E-state index in [0.29, 0.717) is 11.1 Å². The number of nitrogens with two attached hydrogens (primary N) is 1. The van der Waals surface area contributed by atoms with Crippen molar-refractivity contribution < 1.29 is 36.8 Å². The molecule has 36 heavy (non-hydrogen) atoms. The van der Waals surface area contributed by atoms with Gasteiger partial charge in [0.15, 0.2) is 0 Å². The Labute approximate surface area is 216 Å². The predicted molar refractivity (Wildman–Crippen MR) is 140 cm³/mol. The molecule has 9 nitrogen and oxygen atoms in total. The Balaban J connectivity index is 0.00000387. The Morgan fingerprint density at radius 1 is 1.03 bits per heavy atom. The topological polar surface area (TPSA) is 142 Å². The van der Waals surface area contributed by atoms with E-state index in [9.17, 15) is 18.0 Å². The van der Waals surface area contributed by atoms with E-state index in [1.807, 2.05) is 48.5 Å². The zero-order valence-electron chi connectivity index (χ0n) is 23.2. The summed E-state index contributed by atoms with van der Waals surface area (Å²) < 4.78 is 40.1. The molecule has 0 aliphatic rings. The molecule has 1 aromatic rings. The molecule has 0 saturated heterocycles. The van der Waals surface area contributed by atoms with Gasteiger partial charge in [-0.3, -0.25) is 13.8 Å². The number of esters is 2. The van der Waals surface area contributed by atoms with Gasteiger partial charge in [0.05, 0.1) is 6.26 Å². The predicted octanol–water partition coefficient (Wildman–Crippen LogP) is 4.12. The van der Waals surface area contributed by atoms with Crippen LogP contribution in [0.1, 0.15) is 85.5 Å². The van der Waals surface area contributed by atoms with Gasteiger partial charge in [0, 0.05) is 31.1 Å². The summed E-state index contributed by atoms with van der Waals surface area (Å²) in [4.78, 5) is 24.3. The Hall–Kier alpha value is -2.01. The highest BCUT2D eigenvalue weighted by molar-refractivity contribution is 7.86. The van der Waals surface area contributed by atoms with Crippen LogP contribution in [-0.4, -0.2) is 44.4 Å². The fourth-order valence-corrected chi connectivity index (χ4v) is 3.61. The normalized spacial score (nSPS) is 13.6. The maximum Gasteiger partial charge on any atom is 0.311 e. The summed E-state index contributed by atoms with van der Waals surface area (Å²) in [7, 11) is -3.82. The van der Waals surface area contributed by atoms with Gasteiger partial charge in [-0.2, -0.15) is 8.42 Å². The molecule has 0 aromatic heterocycles. The number of ether oxygens (including phenoxy) is 2. The van der Waals surface area contributed by atoms with Crippen LogP contribution in [0.2, 0.25) is 0 Å². The minimum atomic E-state index is -3.82. The van der Waals surface area contributed by atoms with Crippen molar-refractivity contribution in [2.75, 3.05) is 12.9 Å². The second-order valence-electron chi connectivity index (χ2n) is 10.6. The average Bonchev–Trinajstić information content (AvgIpc) is 2.69. The molecular weight excluding hydrogens is 486 g/mol. The van der Waals surface area contributed by atoms with Crippen LogP contribution < -0.4 is 10.5 Å². The zero-order valence-corrected chi connectivity index (χ0v) is 24.0. The lowest BCUT2D eigenvalue weighted by Crippen LogP contribution is -2.42. The van der Waals surface area contributed by atoms with E-state index in [-0.39, 0.29) is 49.6 Å². The van der Waals surface area contributed by atoms with Crippen LogP contribution in [0.5, 0.6) is 5.75 Å². The van der Waals surface area contributed by atoms with E-state index in [1.54, 1.807) is 25.1 Å². The molecule has 0 bridgehead atoms. The van der Waals surface area contributed by atoms with Gasteiger partial charge in [0.2, 0.25) is 0 Å². The van der Waals surface area contributed by atoms with E-state index in [1.165, 1.54) is 0 Å². The quantitative estimate of drug-likeness (QED) is 0.245. The van der Waals surface area contributed by atoms with Crippen LogP contribution >= 0.6 is 0 Å². The highest BCUT2D eigenvalue weighted by atomic mass is 32.2. The summed E-state index contributed by atoms with van der Waals surface area (Å²) >= 11 is 0. The molecule has 0 fully saturated rings. The van der Waals surface area contributed by atoms with Crippen molar-refractivity contribution in [2.24, 2.45) is 23.0 Å². The third kappa shape index (κ3) is 13.9. The number of aliphatic hydroxyl groups excluding tert-OH is 1. The summed E-state index contributed by atoms with van der Waals surface area (Å²) in [6.45, 7) is 15.1. The van der Waals surface area contributed by atoms with Crippen molar-refractivity contribution in [3.8, 4) is 5.75 Å². The molecule has 0 spiro atoms. The van der Waals surface area contributed by atoms with Gasteiger partial charge >= 0.3 is 11.9 Å². The number of hydrogen-bond acceptors (Lipinski definition) is 9. The Morgan fingerprint density at radius 2 is 1.53 bits per heavy atom. The van der Waals surface area contributed by atoms with E-state index < -0.39 is 33.6 Å². The largest absolute Gasteiger partial charge is 0.461 e. The Morgan fingerprint density at radius 3 is 1.97 bits per heavy atom. The Bertz CT molecular complexity index is 936. The van der Waals surface area contributed by atoms with Crippen LogP contribution in [0.4, 0.5) is 0 Å². The highest BCUT2D eigenvalue weighted by Gasteiger charge is 2.34. The molecule has 0 aliphatic heterocycles. The van der Waals surface area contributed by atoms with Gasteiger partial charge in [0.1, 0.15) is 18.5 Å². The summed E-state index contributed by atoms with van der Waals surface area (Å²) in [5.74, 6) is -0.317. The lowest BCUT2D eigenvalue weighted by atomic mass is 9.81. The van der Waals surface area contributed by atoms with Crippen molar-refractivity contribution in [3.05, 3.63) is 29.3 Å². The lowest BCUT2D eigenvalue weighted by molar-refractivity contribution is -0.145. The summed E-state index contributed by atoms with van der Waals surface area (Å²) in [6, 6.07) is 4.10. The molecule has 0 saturated carbocycles. The second kappa shape index (κ2) is 15.3. The van der Waals surface area contributed by atoms with Gasteiger partial charge in [-0.05, 0) is 41.9 Å². The standard InChI is InChI=1S/C24H39NO7S.C2H6O/c1-15(2)11-20(26)30-14-18-13-17(9-10-19(18)31-21(27)12-16(3)4)22(32-33(8,28)29)23(25)24(5,6)7;1-2-3/h9-10,13,15-16,22-23H,11-12,14,25H2,1-8H3;3H,2H2,1H3. The van der Waals surface area contributed by atoms with E-state index in [4.69, 9.17) is 24.5 Å². The molecule has 3 N–H and O–H groups in total. The summed E-state index contributed by atoms with van der Waals surface area (Å²) in [5, 5.41) is 7.57. The third-order valence-electron chi connectivity index (χ3n) is 4.78. The van der Waals surface area contributed by atoms with Crippen LogP contribution in [0.25, 0.3) is 0 Å². The first kappa shape index (κ1) is 34.0. The van der Waals surface area contributed by atoms with Gasteiger partial charge in [-0.25, -0.2) is 0 Å². The molecule has 2 atom stereocenters. The highest BCUT2D eigenvalue weighted by Crippen LogP contribution is 2.35. The third-order valence-corrected chi connectivity index (χ3v) is 5.34. The zero-order chi connectivity index (χ0) is 28.3. The fraction of sp³-hybridized carbons (Fsp3) is 0.692. The minimum absolute atomic E-state index is 0.112. The average molecular weight is 532 g/mol. The van der Waals surface area contributed by atoms with Crippen molar-refractivity contribution in [1.29, 1.82) is 0 Å². The fourth-order valence-electron chi connectivity index (χ4n) is 3.00. The summed E-state index contributed by atoms with van der Waals surface area (Å²) in [5.41, 5.74) is 6.80. The number of benzene rings is 1. The molecule has 0 amide bonds. The maximum absolute atomic E-state index is 12.3. The van der Waals surface area contributed by atoms with Crippen molar-refractivity contribution in [1.82, 2.24) is 0 Å². The van der Waals surface area contributed by atoms with Gasteiger partial charge < -0.3 is 20.3 Å². The second-order valence-corrected chi connectivity index (χ2v) is 12.2. The van der Waals surface area contributed by atoms with Gasteiger partial charge in [-0.1, -0.05) is 54.5 Å². The number of carbonyl (C=O) groups excluding carboxylic acids is 2. The number of hydrogen-bond donors (Lipinski definition) is 2.